The van der Waals surface area contributed by atoms with Crippen LogP contribution in [0.3, 0.4) is 0 Å². The maximum atomic E-state index is 13.7. The summed E-state index contributed by atoms with van der Waals surface area (Å²) >= 11 is 0. The molecule has 2 aromatic rings. The van der Waals surface area contributed by atoms with Crippen molar-refractivity contribution < 1.29 is 21.2 Å². The molecule has 25 heavy (non-hydrogen) atoms. The van der Waals surface area contributed by atoms with Crippen molar-refractivity contribution in [3.63, 3.8) is 0 Å². The number of hydrogen-bond donors (Lipinski definition) is 1. The number of benzene rings is 2. The molecule has 2 aromatic carbocycles. The Balaban J connectivity index is 1.91. The van der Waals surface area contributed by atoms with Gasteiger partial charge in [0.2, 0.25) is 10.0 Å². The second-order valence-corrected chi connectivity index (χ2v) is 9.44. The molecule has 6 nitrogen and oxygen atoms in total. The Labute approximate surface area is 146 Å². The summed E-state index contributed by atoms with van der Waals surface area (Å²) in [5.74, 6) is -0.735. The normalized spacial score (nSPS) is 16.8. The van der Waals surface area contributed by atoms with Crippen LogP contribution < -0.4 is 9.03 Å². The van der Waals surface area contributed by atoms with Crippen LogP contribution in [0.4, 0.5) is 15.8 Å². The van der Waals surface area contributed by atoms with E-state index in [1.54, 1.807) is 13.0 Å². The summed E-state index contributed by atoms with van der Waals surface area (Å²) in [6.07, 6.45) is 0.559. The van der Waals surface area contributed by atoms with Gasteiger partial charge in [0.15, 0.2) is 0 Å². The lowest BCUT2D eigenvalue weighted by Crippen LogP contribution is -2.25. The van der Waals surface area contributed by atoms with Crippen LogP contribution >= 0.6 is 0 Å². The van der Waals surface area contributed by atoms with Gasteiger partial charge in [0.05, 0.1) is 17.1 Å². The maximum absolute atomic E-state index is 13.7. The summed E-state index contributed by atoms with van der Waals surface area (Å²) in [5.41, 5.74) is 1.30. The van der Waals surface area contributed by atoms with Crippen LogP contribution in [0.25, 0.3) is 0 Å². The quantitative estimate of drug-likeness (QED) is 0.878. The Morgan fingerprint density at radius 2 is 1.88 bits per heavy atom. The van der Waals surface area contributed by atoms with E-state index in [4.69, 9.17) is 0 Å². The van der Waals surface area contributed by atoms with Gasteiger partial charge < -0.3 is 0 Å². The van der Waals surface area contributed by atoms with Crippen molar-refractivity contribution in [2.45, 2.75) is 18.2 Å². The van der Waals surface area contributed by atoms with E-state index in [0.717, 1.165) is 6.07 Å². The molecule has 0 aliphatic carbocycles. The van der Waals surface area contributed by atoms with E-state index in [1.165, 1.54) is 34.6 Å². The van der Waals surface area contributed by atoms with Gasteiger partial charge in [0.1, 0.15) is 10.7 Å². The second kappa shape index (κ2) is 6.30. The summed E-state index contributed by atoms with van der Waals surface area (Å²) in [6.45, 7) is 2.06. The number of nitrogens with one attached hydrogen (secondary N) is 1. The summed E-state index contributed by atoms with van der Waals surface area (Å²) < 4.78 is 66.1. The maximum Gasteiger partial charge on any atom is 0.264 e. The first kappa shape index (κ1) is 17.7. The van der Waals surface area contributed by atoms with Crippen LogP contribution in [0.15, 0.2) is 47.4 Å². The molecule has 0 bridgehead atoms. The number of nitrogens with zero attached hydrogens (tertiary/aromatic N) is 1. The van der Waals surface area contributed by atoms with Crippen molar-refractivity contribution >= 4 is 31.4 Å². The molecular weight excluding hydrogens is 367 g/mol. The lowest BCUT2D eigenvalue weighted by Gasteiger charge is -2.19. The van der Waals surface area contributed by atoms with Crippen molar-refractivity contribution in [3.05, 3.63) is 53.8 Å². The molecule has 1 aliphatic rings. The lowest BCUT2D eigenvalue weighted by molar-refractivity contribution is 0.570. The first-order valence-electron chi connectivity index (χ1n) is 7.59. The minimum absolute atomic E-state index is 0.105. The highest BCUT2D eigenvalue weighted by Gasteiger charge is 2.28. The van der Waals surface area contributed by atoms with Crippen LogP contribution in [-0.2, 0) is 20.0 Å². The van der Waals surface area contributed by atoms with E-state index in [1.807, 2.05) is 0 Å². The molecule has 0 amide bonds. The molecule has 0 saturated carbocycles. The number of sulfonamides is 2. The number of anilines is 2. The zero-order chi connectivity index (χ0) is 18.2. The van der Waals surface area contributed by atoms with Gasteiger partial charge in [-0.1, -0.05) is 12.1 Å². The van der Waals surface area contributed by atoms with Crippen LogP contribution in [0.5, 0.6) is 0 Å². The van der Waals surface area contributed by atoms with E-state index >= 15 is 0 Å². The molecular formula is C16H17FN2O4S2. The monoisotopic (exact) mass is 384 g/mol. The predicted molar refractivity (Wildman–Crippen MR) is 94.1 cm³/mol. The molecule has 1 N–H and O–H groups in total. The highest BCUT2D eigenvalue weighted by atomic mass is 32.2. The van der Waals surface area contributed by atoms with Gasteiger partial charge in [-0.2, -0.15) is 0 Å². The minimum atomic E-state index is -4.08. The molecule has 1 heterocycles. The smallest absolute Gasteiger partial charge is 0.264 e. The minimum Gasteiger partial charge on any atom is -0.279 e. The predicted octanol–water partition coefficient (Wildman–Crippen LogP) is 2.47. The van der Waals surface area contributed by atoms with Crippen LogP contribution in [0, 0.1) is 12.7 Å². The SMILES string of the molecule is Cc1cc(N2CCCS2(=O)=O)ccc1NS(=O)(=O)c1ccccc1F. The van der Waals surface area contributed by atoms with Gasteiger partial charge in [-0.15, -0.1) is 0 Å². The Hall–Kier alpha value is -2.13. The number of halogens is 1. The average Bonchev–Trinajstić information content (AvgIpc) is 2.89. The van der Waals surface area contributed by atoms with Crippen molar-refractivity contribution in [1.82, 2.24) is 0 Å². The van der Waals surface area contributed by atoms with E-state index in [0.29, 0.717) is 24.2 Å². The lowest BCUT2D eigenvalue weighted by atomic mass is 10.2. The highest BCUT2D eigenvalue weighted by molar-refractivity contribution is 7.93. The molecule has 134 valence electrons. The van der Waals surface area contributed by atoms with Gasteiger partial charge in [-0.05, 0) is 49.2 Å². The zero-order valence-electron chi connectivity index (χ0n) is 13.4. The Morgan fingerprint density at radius 3 is 2.48 bits per heavy atom. The van der Waals surface area contributed by atoms with Crippen LogP contribution in [0.2, 0.25) is 0 Å². The summed E-state index contributed by atoms with van der Waals surface area (Å²) in [6, 6.07) is 9.71. The van der Waals surface area contributed by atoms with E-state index < -0.39 is 30.8 Å². The first-order chi connectivity index (χ1) is 11.7. The third-order valence-electron chi connectivity index (χ3n) is 3.97. The fraction of sp³-hybridized carbons (Fsp3) is 0.250. The van der Waals surface area contributed by atoms with Crippen LogP contribution in [0.1, 0.15) is 12.0 Å². The highest BCUT2D eigenvalue weighted by Crippen LogP contribution is 2.29. The topological polar surface area (TPSA) is 83.6 Å². The molecule has 0 aromatic heterocycles. The van der Waals surface area contributed by atoms with E-state index in [-0.39, 0.29) is 11.4 Å². The van der Waals surface area contributed by atoms with Crippen molar-refractivity contribution in [3.8, 4) is 0 Å². The largest absolute Gasteiger partial charge is 0.279 e. The third kappa shape index (κ3) is 3.47. The zero-order valence-corrected chi connectivity index (χ0v) is 15.1. The Bertz CT molecular complexity index is 1020. The fourth-order valence-electron chi connectivity index (χ4n) is 2.71. The van der Waals surface area contributed by atoms with E-state index in [2.05, 4.69) is 4.72 Å². The van der Waals surface area contributed by atoms with Gasteiger partial charge in [0.25, 0.3) is 10.0 Å². The van der Waals surface area contributed by atoms with Gasteiger partial charge >= 0.3 is 0 Å². The third-order valence-corrected chi connectivity index (χ3v) is 7.24. The first-order valence-corrected chi connectivity index (χ1v) is 10.7. The number of aryl methyl sites for hydroxylation is 1. The average molecular weight is 384 g/mol. The second-order valence-electron chi connectivity index (χ2n) is 5.78. The fourth-order valence-corrected chi connectivity index (χ4v) is 5.48. The number of hydrogen-bond acceptors (Lipinski definition) is 4. The number of rotatable bonds is 4. The van der Waals surface area contributed by atoms with Crippen molar-refractivity contribution in [2.75, 3.05) is 21.3 Å². The molecule has 3 rings (SSSR count). The summed E-state index contributed by atoms with van der Waals surface area (Å²) in [4.78, 5) is -0.444. The summed E-state index contributed by atoms with van der Waals surface area (Å²) in [7, 11) is -7.39. The Morgan fingerprint density at radius 1 is 1.16 bits per heavy atom. The Kier molecular flexibility index (Phi) is 4.46. The van der Waals surface area contributed by atoms with Crippen molar-refractivity contribution in [2.24, 2.45) is 0 Å². The van der Waals surface area contributed by atoms with Crippen molar-refractivity contribution in [1.29, 1.82) is 0 Å². The van der Waals surface area contributed by atoms with E-state index in [9.17, 15) is 21.2 Å². The van der Waals surface area contributed by atoms with Crippen LogP contribution in [-0.4, -0.2) is 29.1 Å². The molecule has 1 saturated heterocycles. The summed E-state index contributed by atoms with van der Waals surface area (Å²) in [5, 5.41) is 0. The molecule has 1 fully saturated rings. The van der Waals surface area contributed by atoms with Gasteiger partial charge in [-0.25, -0.2) is 21.2 Å². The van der Waals surface area contributed by atoms with Gasteiger partial charge in [0, 0.05) is 6.54 Å². The molecule has 1 aliphatic heterocycles. The molecule has 0 spiro atoms. The van der Waals surface area contributed by atoms with Gasteiger partial charge in [-0.3, -0.25) is 9.03 Å². The molecule has 0 radical (unpaired) electrons. The standard InChI is InChI=1S/C16H17FN2O4S2/c1-12-11-13(19-9-4-10-24(19,20)21)7-8-15(12)18-25(22,23)16-6-3-2-5-14(16)17/h2-3,5-8,11,18H,4,9-10H2,1H3. The molecule has 9 heteroatoms. The molecule has 0 atom stereocenters. The molecule has 0 unspecified atom stereocenters.